The number of hydrogen-bond donors (Lipinski definition) is 2. The van der Waals surface area contributed by atoms with Crippen molar-refractivity contribution in [3.8, 4) is 0 Å². The molecule has 0 unspecified atom stereocenters. The van der Waals surface area contributed by atoms with Gasteiger partial charge in [-0.3, -0.25) is 9.48 Å². The molecule has 1 heterocycles. The number of amides is 1. The van der Waals surface area contributed by atoms with Crippen LogP contribution in [0.25, 0.3) is 0 Å². The molecule has 0 atom stereocenters. The van der Waals surface area contributed by atoms with Crippen LogP contribution in [-0.2, 0) is 7.05 Å². The van der Waals surface area contributed by atoms with E-state index in [1.165, 1.54) is 0 Å². The largest absolute Gasteiger partial charge is 0.352 e. The molecule has 0 aromatic carbocycles. The van der Waals surface area contributed by atoms with Crippen LogP contribution in [0.1, 0.15) is 28.2 Å². The number of nitrogens with one attached hydrogen (secondary N) is 1. The third-order valence-corrected chi connectivity index (χ3v) is 2.40. The van der Waals surface area contributed by atoms with Crippen LogP contribution in [-0.4, -0.2) is 28.8 Å². The second-order valence-corrected chi connectivity index (χ2v) is 3.57. The Hall–Kier alpha value is -1.36. The maximum absolute atomic E-state index is 11.8. The quantitative estimate of drug-likeness (QED) is 0.693. The number of hydrogen-bond acceptors (Lipinski definition) is 3. The molecule has 0 fully saturated rings. The summed E-state index contributed by atoms with van der Waals surface area (Å²) < 4.78 is 1.72. The lowest BCUT2D eigenvalue weighted by Crippen LogP contribution is -2.26. The standard InChI is InChI=1S/C10H18N4O/c1-7-9(8(2)14(3)13-7)10(15)12-6-4-5-11/h4-6,11H2,1-3H3,(H,12,15). The summed E-state index contributed by atoms with van der Waals surface area (Å²) in [6.45, 7) is 4.93. The van der Waals surface area contributed by atoms with E-state index in [9.17, 15) is 4.79 Å². The molecule has 0 aliphatic carbocycles. The first-order chi connectivity index (χ1) is 7.07. The molecular formula is C10H18N4O. The van der Waals surface area contributed by atoms with Crippen LogP contribution in [0.15, 0.2) is 0 Å². The summed E-state index contributed by atoms with van der Waals surface area (Å²) in [5.41, 5.74) is 7.68. The molecule has 0 saturated carbocycles. The van der Waals surface area contributed by atoms with Gasteiger partial charge in [0.1, 0.15) is 0 Å². The van der Waals surface area contributed by atoms with Crippen LogP contribution in [0.2, 0.25) is 0 Å². The van der Waals surface area contributed by atoms with E-state index in [1.54, 1.807) is 4.68 Å². The number of nitrogens with zero attached hydrogens (tertiary/aromatic N) is 2. The first-order valence-corrected chi connectivity index (χ1v) is 5.06. The van der Waals surface area contributed by atoms with Crippen molar-refractivity contribution in [1.29, 1.82) is 0 Å². The average Bonchev–Trinajstić information content (AvgIpc) is 2.41. The van der Waals surface area contributed by atoms with Crippen molar-refractivity contribution >= 4 is 5.91 Å². The van der Waals surface area contributed by atoms with Crippen molar-refractivity contribution in [2.24, 2.45) is 12.8 Å². The molecule has 1 rings (SSSR count). The molecule has 0 saturated heterocycles. The summed E-state index contributed by atoms with van der Waals surface area (Å²) in [6, 6.07) is 0. The Morgan fingerprint density at radius 2 is 2.20 bits per heavy atom. The van der Waals surface area contributed by atoms with E-state index in [-0.39, 0.29) is 5.91 Å². The normalized spacial score (nSPS) is 10.4. The van der Waals surface area contributed by atoms with Gasteiger partial charge in [-0.25, -0.2) is 0 Å². The summed E-state index contributed by atoms with van der Waals surface area (Å²) in [6.07, 6.45) is 0.796. The van der Waals surface area contributed by atoms with E-state index in [0.29, 0.717) is 18.7 Å². The number of rotatable bonds is 4. The Morgan fingerprint density at radius 1 is 1.53 bits per heavy atom. The number of nitrogens with two attached hydrogens (primary N) is 1. The molecule has 3 N–H and O–H groups in total. The van der Waals surface area contributed by atoms with Gasteiger partial charge in [0, 0.05) is 19.3 Å². The Bertz CT molecular complexity index is 357. The van der Waals surface area contributed by atoms with E-state index < -0.39 is 0 Å². The molecule has 1 aromatic heterocycles. The predicted octanol–water partition coefficient (Wildman–Crippen LogP) is 0.116. The monoisotopic (exact) mass is 210 g/mol. The van der Waals surface area contributed by atoms with Crippen LogP contribution < -0.4 is 11.1 Å². The fraction of sp³-hybridized carbons (Fsp3) is 0.600. The van der Waals surface area contributed by atoms with Gasteiger partial charge in [-0.1, -0.05) is 0 Å². The van der Waals surface area contributed by atoms with Gasteiger partial charge in [0.25, 0.3) is 5.91 Å². The van der Waals surface area contributed by atoms with Gasteiger partial charge in [0.2, 0.25) is 0 Å². The number of carbonyl (C=O) groups is 1. The van der Waals surface area contributed by atoms with Gasteiger partial charge in [-0.2, -0.15) is 5.10 Å². The topological polar surface area (TPSA) is 72.9 Å². The highest BCUT2D eigenvalue weighted by molar-refractivity contribution is 5.96. The third kappa shape index (κ3) is 2.56. The maximum atomic E-state index is 11.8. The zero-order valence-electron chi connectivity index (χ0n) is 9.50. The number of carbonyl (C=O) groups excluding carboxylic acids is 1. The van der Waals surface area contributed by atoms with E-state index in [1.807, 2.05) is 20.9 Å². The second-order valence-electron chi connectivity index (χ2n) is 3.57. The molecule has 15 heavy (non-hydrogen) atoms. The molecule has 0 spiro atoms. The van der Waals surface area contributed by atoms with Crippen molar-refractivity contribution < 1.29 is 4.79 Å². The molecule has 5 heteroatoms. The third-order valence-electron chi connectivity index (χ3n) is 2.40. The van der Waals surface area contributed by atoms with E-state index in [2.05, 4.69) is 10.4 Å². The molecule has 1 aromatic rings. The fourth-order valence-corrected chi connectivity index (χ4v) is 1.49. The van der Waals surface area contributed by atoms with Gasteiger partial charge < -0.3 is 11.1 Å². The van der Waals surface area contributed by atoms with Crippen molar-refractivity contribution in [2.75, 3.05) is 13.1 Å². The highest BCUT2D eigenvalue weighted by Crippen LogP contribution is 2.11. The summed E-state index contributed by atoms with van der Waals surface area (Å²) >= 11 is 0. The Labute approximate surface area is 89.6 Å². The molecule has 0 aliphatic heterocycles. The lowest BCUT2D eigenvalue weighted by Gasteiger charge is -2.04. The smallest absolute Gasteiger partial charge is 0.255 e. The number of aromatic nitrogens is 2. The van der Waals surface area contributed by atoms with Crippen LogP contribution in [0, 0.1) is 13.8 Å². The Balaban J connectivity index is 2.73. The fourth-order valence-electron chi connectivity index (χ4n) is 1.49. The van der Waals surface area contributed by atoms with Gasteiger partial charge in [0.05, 0.1) is 11.3 Å². The SMILES string of the molecule is Cc1nn(C)c(C)c1C(=O)NCCCN. The van der Waals surface area contributed by atoms with E-state index >= 15 is 0 Å². The lowest BCUT2D eigenvalue weighted by atomic mass is 10.2. The van der Waals surface area contributed by atoms with Crippen molar-refractivity contribution in [3.05, 3.63) is 17.0 Å². The average molecular weight is 210 g/mol. The summed E-state index contributed by atoms with van der Waals surface area (Å²) in [5, 5.41) is 7.01. The second kappa shape index (κ2) is 4.93. The summed E-state index contributed by atoms with van der Waals surface area (Å²) in [7, 11) is 1.83. The predicted molar refractivity (Wildman–Crippen MR) is 58.7 cm³/mol. The Kier molecular flexibility index (Phi) is 3.85. The van der Waals surface area contributed by atoms with Crippen molar-refractivity contribution in [2.45, 2.75) is 20.3 Å². The molecule has 0 radical (unpaired) electrons. The van der Waals surface area contributed by atoms with Crippen LogP contribution in [0.5, 0.6) is 0 Å². The first kappa shape index (κ1) is 11.7. The van der Waals surface area contributed by atoms with Gasteiger partial charge in [0.15, 0.2) is 0 Å². The van der Waals surface area contributed by atoms with Crippen LogP contribution in [0.3, 0.4) is 0 Å². The minimum absolute atomic E-state index is 0.0634. The van der Waals surface area contributed by atoms with Gasteiger partial charge in [-0.15, -0.1) is 0 Å². The molecule has 84 valence electrons. The van der Waals surface area contributed by atoms with E-state index in [4.69, 9.17) is 5.73 Å². The summed E-state index contributed by atoms with van der Waals surface area (Å²) in [5.74, 6) is -0.0634. The van der Waals surface area contributed by atoms with Gasteiger partial charge >= 0.3 is 0 Å². The molecule has 1 amide bonds. The number of aryl methyl sites for hydroxylation is 2. The Morgan fingerprint density at radius 3 is 2.67 bits per heavy atom. The van der Waals surface area contributed by atoms with Gasteiger partial charge in [-0.05, 0) is 26.8 Å². The molecule has 0 aliphatic rings. The van der Waals surface area contributed by atoms with Crippen molar-refractivity contribution in [3.63, 3.8) is 0 Å². The van der Waals surface area contributed by atoms with E-state index in [0.717, 1.165) is 17.8 Å². The van der Waals surface area contributed by atoms with Crippen LogP contribution >= 0.6 is 0 Å². The zero-order chi connectivity index (χ0) is 11.4. The zero-order valence-corrected chi connectivity index (χ0v) is 9.50. The minimum atomic E-state index is -0.0634. The highest BCUT2D eigenvalue weighted by Gasteiger charge is 2.16. The molecule has 0 bridgehead atoms. The van der Waals surface area contributed by atoms with Crippen molar-refractivity contribution in [1.82, 2.24) is 15.1 Å². The van der Waals surface area contributed by atoms with Crippen LogP contribution in [0.4, 0.5) is 0 Å². The molecule has 5 nitrogen and oxygen atoms in total. The summed E-state index contributed by atoms with van der Waals surface area (Å²) in [4.78, 5) is 11.8. The first-order valence-electron chi connectivity index (χ1n) is 5.06. The maximum Gasteiger partial charge on any atom is 0.255 e. The lowest BCUT2D eigenvalue weighted by molar-refractivity contribution is 0.0952. The highest BCUT2D eigenvalue weighted by atomic mass is 16.1. The minimum Gasteiger partial charge on any atom is -0.352 e. The molecular weight excluding hydrogens is 192 g/mol.